The first-order valence-corrected chi connectivity index (χ1v) is 3.68. The van der Waals surface area contributed by atoms with Crippen LogP contribution in [0.5, 0.6) is 0 Å². The third kappa shape index (κ3) is 5.39. The molecule has 2 amide bonds. The van der Waals surface area contributed by atoms with Crippen molar-refractivity contribution in [3.63, 3.8) is 0 Å². The van der Waals surface area contributed by atoms with Crippen LogP contribution in [0.25, 0.3) is 0 Å². The van der Waals surface area contributed by atoms with Gasteiger partial charge in [-0.1, -0.05) is 13.8 Å². The molecule has 11 heavy (non-hydrogen) atoms. The van der Waals surface area contributed by atoms with E-state index in [1.807, 2.05) is 6.92 Å². The van der Waals surface area contributed by atoms with E-state index < -0.39 is 0 Å². The highest BCUT2D eigenvalue weighted by Crippen LogP contribution is 1.92. The second-order valence-corrected chi connectivity index (χ2v) is 2.09. The van der Waals surface area contributed by atoms with Crippen LogP contribution < -0.4 is 0 Å². The van der Waals surface area contributed by atoms with E-state index in [1.54, 1.807) is 6.92 Å². The topological polar surface area (TPSA) is 58.9 Å². The molecule has 0 unspecified atom stereocenters. The van der Waals surface area contributed by atoms with Crippen LogP contribution in [0.2, 0.25) is 0 Å². The molecule has 0 aliphatic heterocycles. The molecule has 0 aromatic heterocycles. The van der Waals surface area contributed by atoms with Crippen molar-refractivity contribution in [3.05, 3.63) is 0 Å². The fourth-order valence-corrected chi connectivity index (χ4v) is 0.446. The molecule has 0 aliphatic carbocycles. The molecule has 0 spiro atoms. The molecule has 0 heterocycles. The van der Waals surface area contributed by atoms with Gasteiger partial charge in [0.1, 0.15) is 0 Å². The highest BCUT2D eigenvalue weighted by Gasteiger charge is 1.97. The zero-order valence-electron chi connectivity index (χ0n) is 6.83. The molecule has 0 aliphatic rings. The van der Waals surface area contributed by atoms with Crippen molar-refractivity contribution >= 4 is 11.8 Å². The van der Waals surface area contributed by atoms with Gasteiger partial charge in [-0.05, 0) is 6.42 Å². The monoisotopic (exact) mass is 156 g/mol. The number of amides is 2. The maximum absolute atomic E-state index is 10.7. The van der Waals surface area contributed by atoms with E-state index >= 15 is 0 Å². The zero-order valence-corrected chi connectivity index (χ0v) is 6.83. The maximum atomic E-state index is 10.7. The van der Waals surface area contributed by atoms with Gasteiger partial charge in [0.15, 0.2) is 0 Å². The van der Waals surface area contributed by atoms with Gasteiger partial charge in [-0.3, -0.25) is 9.59 Å². The number of carbonyl (C=O) groups is 2. The summed E-state index contributed by atoms with van der Waals surface area (Å²) in [4.78, 5) is 21.2. The van der Waals surface area contributed by atoms with Crippen molar-refractivity contribution in [1.82, 2.24) is 0 Å². The molecule has 0 fully saturated rings. The first-order valence-electron chi connectivity index (χ1n) is 3.68. The van der Waals surface area contributed by atoms with Crippen molar-refractivity contribution in [1.29, 1.82) is 0 Å². The number of nitrogens with zero attached hydrogens (tertiary/aromatic N) is 2. The van der Waals surface area contributed by atoms with Gasteiger partial charge in [0.05, 0.1) is 0 Å². The lowest BCUT2D eigenvalue weighted by molar-refractivity contribution is -0.122. The van der Waals surface area contributed by atoms with Crippen LogP contribution in [0.4, 0.5) is 0 Å². The lowest BCUT2D eigenvalue weighted by Crippen LogP contribution is -1.93. The number of azo groups is 1. The third-order valence-corrected chi connectivity index (χ3v) is 1.04. The Kier molecular flexibility index (Phi) is 5.15. The van der Waals surface area contributed by atoms with E-state index in [9.17, 15) is 9.59 Å². The van der Waals surface area contributed by atoms with Gasteiger partial charge in [0.2, 0.25) is 0 Å². The summed E-state index contributed by atoms with van der Waals surface area (Å²) in [6.07, 6.45) is 1.39. The standard InChI is InChI=1S/C7H12N2O2/c1-3-5-7(11)9-8-6(10)4-2/h3-5H2,1-2H3. The minimum absolute atomic E-state index is 0.295. The van der Waals surface area contributed by atoms with E-state index in [4.69, 9.17) is 0 Å². The van der Waals surface area contributed by atoms with E-state index in [-0.39, 0.29) is 11.8 Å². The summed E-state index contributed by atoms with van der Waals surface area (Å²) in [5.41, 5.74) is 0. The fraction of sp³-hybridized carbons (Fsp3) is 0.714. The van der Waals surface area contributed by atoms with Crippen LogP contribution in [0, 0.1) is 0 Å². The van der Waals surface area contributed by atoms with Crippen molar-refractivity contribution in [2.24, 2.45) is 10.2 Å². The quantitative estimate of drug-likeness (QED) is 0.584. The van der Waals surface area contributed by atoms with Crippen molar-refractivity contribution in [3.8, 4) is 0 Å². The molecule has 0 saturated heterocycles. The summed E-state index contributed by atoms with van der Waals surface area (Å²) in [7, 11) is 0. The zero-order chi connectivity index (χ0) is 8.69. The normalized spacial score (nSPS) is 10.4. The van der Waals surface area contributed by atoms with E-state index in [2.05, 4.69) is 10.2 Å². The van der Waals surface area contributed by atoms with Crippen LogP contribution in [-0.2, 0) is 9.59 Å². The van der Waals surface area contributed by atoms with Crippen LogP contribution in [0.3, 0.4) is 0 Å². The van der Waals surface area contributed by atoms with Crippen LogP contribution >= 0.6 is 0 Å². The first-order chi connectivity index (χ1) is 5.20. The molecular weight excluding hydrogens is 144 g/mol. The number of carbonyl (C=O) groups excluding carboxylic acids is 2. The van der Waals surface area contributed by atoms with Crippen molar-refractivity contribution in [2.75, 3.05) is 0 Å². The molecule has 0 N–H and O–H groups in total. The number of hydrogen-bond donors (Lipinski definition) is 0. The SMILES string of the molecule is CCCC(=O)N=NC(=O)CC. The van der Waals surface area contributed by atoms with Crippen LogP contribution in [0.15, 0.2) is 10.2 Å². The Morgan fingerprint density at radius 3 is 2.09 bits per heavy atom. The summed E-state index contributed by atoms with van der Waals surface area (Å²) in [5, 5.41) is 6.42. The second-order valence-electron chi connectivity index (χ2n) is 2.09. The molecule has 62 valence electrons. The molecule has 0 atom stereocenters. The van der Waals surface area contributed by atoms with Gasteiger partial charge in [0, 0.05) is 12.8 Å². The lowest BCUT2D eigenvalue weighted by Gasteiger charge is -1.86. The molecular formula is C7H12N2O2. The minimum Gasteiger partial charge on any atom is -0.271 e. The first kappa shape index (κ1) is 9.94. The largest absolute Gasteiger partial charge is 0.271 e. The van der Waals surface area contributed by atoms with Gasteiger partial charge in [-0.2, -0.15) is 0 Å². The van der Waals surface area contributed by atoms with Gasteiger partial charge < -0.3 is 0 Å². The Balaban J connectivity index is 3.73. The fourth-order valence-electron chi connectivity index (χ4n) is 0.446. The molecule has 4 heteroatoms. The van der Waals surface area contributed by atoms with Gasteiger partial charge in [-0.25, -0.2) is 0 Å². The van der Waals surface area contributed by atoms with Gasteiger partial charge >= 0.3 is 0 Å². The predicted octanol–water partition coefficient (Wildman–Crippen LogP) is 1.70. The highest BCUT2D eigenvalue weighted by molar-refractivity contribution is 5.81. The van der Waals surface area contributed by atoms with Crippen molar-refractivity contribution < 1.29 is 9.59 Å². The third-order valence-electron chi connectivity index (χ3n) is 1.04. The van der Waals surface area contributed by atoms with Crippen molar-refractivity contribution in [2.45, 2.75) is 33.1 Å². The Morgan fingerprint density at radius 1 is 1.09 bits per heavy atom. The van der Waals surface area contributed by atoms with Gasteiger partial charge in [-0.15, -0.1) is 10.2 Å². The molecule has 0 bridgehead atoms. The summed E-state index contributed by atoms with van der Waals surface area (Å²) in [5.74, 6) is -0.677. The Morgan fingerprint density at radius 2 is 1.64 bits per heavy atom. The minimum atomic E-state index is -0.352. The van der Waals surface area contributed by atoms with E-state index in [0.717, 1.165) is 6.42 Å². The Labute approximate surface area is 65.7 Å². The average molecular weight is 156 g/mol. The predicted molar refractivity (Wildman–Crippen MR) is 40.1 cm³/mol. The average Bonchev–Trinajstić information content (AvgIpc) is 2.01. The van der Waals surface area contributed by atoms with Crippen LogP contribution in [0.1, 0.15) is 33.1 Å². The summed E-state index contributed by atoms with van der Waals surface area (Å²) in [6, 6.07) is 0. The maximum Gasteiger partial charge on any atom is 0.264 e. The Hall–Kier alpha value is -1.06. The molecule has 0 aromatic rings. The lowest BCUT2D eigenvalue weighted by atomic mass is 10.3. The molecule has 0 radical (unpaired) electrons. The molecule has 0 aromatic carbocycles. The highest BCUT2D eigenvalue weighted by atomic mass is 16.2. The smallest absolute Gasteiger partial charge is 0.264 e. The van der Waals surface area contributed by atoms with Crippen LogP contribution in [-0.4, -0.2) is 11.8 Å². The second kappa shape index (κ2) is 5.70. The van der Waals surface area contributed by atoms with E-state index in [0.29, 0.717) is 12.8 Å². The molecule has 4 nitrogen and oxygen atoms in total. The summed E-state index contributed by atoms with van der Waals surface area (Å²) >= 11 is 0. The summed E-state index contributed by atoms with van der Waals surface area (Å²) < 4.78 is 0. The van der Waals surface area contributed by atoms with E-state index in [1.165, 1.54) is 0 Å². The Bertz CT molecular complexity index is 175. The molecule has 0 rings (SSSR count). The number of hydrogen-bond acceptors (Lipinski definition) is 2. The summed E-state index contributed by atoms with van der Waals surface area (Å²) in [6.45, 7) is 3.54. The van der Waals surface area contributed by atoms with Gasteiger partial charge in [0.25, 0.3) is 11.8 Å². The molecule has 0 saturated carbocycles. The number of rotatable bonds is 3.